The van der Waals surface area contributed by atoms with Gasteiger partial charge in [0.2, 0.25) is 0 Å². The molecule has 0 saturated heterocycles. The molecule has 17 heavy (non-hydrogen) atoms. The summed E-state index contributed by atoms with van der Waals surface area (Å²) in [6, 6.07) is 8.30. The van der Waals surface area contributed by atoms with Crippen LogP contribution in [0.5, 0.6) is 0 Å². The van der Waals surface area contributed by atoms with Gasteiger partial charge in [-0.05, 0) is 48.8 Å². The average Bonchev–Trinajstić information content (AvgIpc) is 2.34. The zero-order valence-electron chi connectivity index (χ0n) is 10.7. The maximum atomic E-state index is 9.14. The Morgan fingerprint density at radius 2 is 2.06 bits per heavy atom. The minimum absolute atomic E-state index is 0.145. The van der Waals surface area contributed by atoms with Crippen LogP contribution in [0.1, 0.15) is 38.7 Å². The van der Waals surface area contributed by atoms with E-state index >= 15 is 0 Å². The fourth-order valence-electron chi connectivity index (χ4n) is 2.51. The highest BCUT2D eigenvalue weighted by molar-refractivity contribution is 8.00. The molecule has 0 spiro atoms. The van der Waals surface area contributed by atoms with Crippen LogP contribution in [-0.2, 0) is 6.61 Å². The lowest BCUT2D eigenvalue weighted by Crippen LogP contribution is -2.22. The molecule has 2 heteroatoms. The molecular weight excluding hydrogens is 228 g/mol. The number of aliphatic hydroxyl groups excluding tert-OH is 1. The first-order valence-electron chi connectivity index (χ1n) is 6.55. The molecule has 1 saturated carbocycles. The van der Waals surface area contributed by atoms with E-state index in [0.29, 0.717) is 0 Å². The molecule has 0 aromatic heterocycles. The summed E-state index contributed by atoms with van der Waals surface area (Å²) in [6.45, 7) is 4.89. The number of benzene rings is 1. The number of hydrogen-bond donors (Lipinski definition) is 1. The summed E-state index contributed by atoms with van der Waals surface area (Å²) >= 11 is 1.99. The SMILES string of the molecule is CC1CCC(Sc2cccc(CO)c2)CC1C. The largest absolute Gasteiger partial charge is 0.392 e. The van der Waals surface area contributed by atoms with Crippen molar-refractivity contribution in [2.24, 2.45) is 11.8 Å². The van der Waals surface area contributed by atoms with Crippen molar-refractivity contribution in [1.29, 1.82) is 0 Å². The Morgan fingerprint density at radius 3 is 2.76 bits per heavy atom. The minimum atomic E-state index is 0.145. The lowest BCUT2D eigenvalue weighted by Gasteiger charge is -2.31. The summed E-state index contributed by atoms with van der Waals surface area (Å²) in [7, 11) is 0. The Balaban J connectivity index is 1.96. The summed E-state index contributed by atoms with van der Waals surface area (Å²) < 4.78 is 0. The van der Waals surface area contributed by atoms with Crippen molar-refractivity contribution < 1.29 is 5.11 Å². The zero-order valence-corrected chi connectivity index (χ0v) is 11.5. The molecule has 0 aliphatic heterocycles. The van der Waals surface area contributed by atoms with Crippen LogP contribution in [0.3, 0.4) is 0 Å². The van der Waals surface area contributed by atoms with E-state index < -0.39 is 0 Å². The Kier molecular flexibility index (Phi) is 4.52. The molecule has 0 bridgehead atoms. The van der Waals surface area contributed by atoms with Gasteiger partial charge in [0.25, 0.3) is 0 Å². The standard InChI is InChI=1S/C15H22OS/c1-11-6-7-15(8-12(11)2)17-14-5-3-4-13(9-14)10-16/h3-5,9,11-12,15-16H,6-8,10H2,1-2H3. The number of rotatable bonds is 3. The second-order valence-corrected chi connectivity index (χ2v) is 6.69. The Bertz CT molecular complexity index is 364. The van der Waals surface area contributed by atoms with Crippen LogP contribution < -0.4 is 0 Å². The van der Waals surface area contributed by atoms with Crippen LogP contribution >= 0.6 is 11.8 Å². The van der Waals surface area contributed by atoms with E-state index in [4.69, 9.17) is 5.11 Å². The van der Waals surface area contributed by atoms with Gasteiger partial charge >= 0.3 is 0 Å². The molecule has 0 amide bonds. The monoisotopic (exact) mass is 250 g/mol. The average molecular weight is 250 g/mol. The molecule has 94 valence electrons. The molecule has 3 unspecified atom stereocenters. The first-order chi connectivity index (χ1) is 8.19. The van der Waals surface area contributed by atoms with E-state index in [1.165, 1.54) is 24.2 Å². The smallest absolute Gasteiger partial charge is 0.0682 e. The van der Waals surface area contributed by atoms with Crippen LogP contribution in [0.15, 0.2) is 29.2 Å². The van der Waals surface area contributed by atoms with Gasteiger partial charge in [-0.15, -0.1) is 11.8 Å². The summed E-state index contributed by atoms with van der Waals surface area (Å²) in [5.74, 6) is 1.73. The van der Waals surface area contributed by atoms with Gasteiger partial charge in [0.15, 0.2) is 0 Å². The lowest BCUT2D eigenvalue weighted by atomic mass is 9.81. The van der Waals surface area contributed by atoms with E-state index in [-0.39, 0.29) is 6.61 Å². The van der Waals surface area contributed by atoms with Crippen LogP contribution in [0.4, 0.5) is 0 Å². The second kappa shape index (κ2) is 5.92. The molecular formula is C15H22OS. The van der Waals surface area contributed by atoms with Crippen molar-refractivity contribution in [3.05, 3.63) is 29.8 Å². The van der Waals surface area contributed by atoms with E-state index in [1.807, 2.05) is 23.9 Å². The summed E-state index contributed by atoms with van der Waals surface area (Å²) in [4.78, 5) is 1.31. The molecule has 0 radical (unpaired) electrons. The summed E-state index contributed by atoms with van der Waals surface area (Å²) in [5.41, 5.74) is 1.02. The Morgan fingerprint density at radius 1 is 1.24 bits per heavy atom. The zero-order chi connectivity index (χ0) is 12.3. The van der Waals surface area contributed by atoms with Crippen molar-refractivity contribution in [3.63, 3.8) is 0 Å². The molecule has 1 aromatic carbocycles. The van der Waals surface area contributed by atoms with Crippen molar-refractivity contribution in [3.8, 4) is 0 Å². The molecule has 3 atom stereocenters. The van der Waals surface area contributed by atoms with E-state index in [2.05, 4.69) is 26.0 Å². The van der Waals surface area contributed by atoms with Crippen LogP contribution in [0.2, 0.25) is 0 Å². The maximum Gasteiger partial charge on any atom is 0.0682 e. The fraction of sp³-hybridized carbons (Fsp3) is 0.600. The summed E-state index contributed by atoms with van der Waals surface area (Å²) in [6.07, 6.45) is 4.02. The normalized spacial score (nSPS) is 29.2. The highest BCUT2D eigenvalue weighted by atomic mass is 32.2. The van der Waals surface area contributed by atoms with E-state index in [1.54, 1.807) is 0 Å². The second-order valence-electron chi connectivity index (χ2n) is 5.31. The van der Waals surface area contributed by atoms with E-state index in [0.717, 1.165) is 22.6 Å². The molecule has 1 fully saturated rings. The predicted octanol–water partition coefficient (Wildman–Crippen LogP) is 4.10. The predicted molar refractivity (Wildman–Crippen MR) is 74.2 cm³/mol. The third kappa shape index (κ3) is 3.49. The number of aliphatic hydroxyl groups is 1. The van der Waals surface area contributed by atoms with Gasteiger partial charge < -0.3 is 5.11 Å². The van der Waals surface area contributed by atoms with Gasteiger partial charge in [0.05, 0.1) is 6.61 Å². The van der Waals surface area contributed by atoms with Gasteiger partial charge in [-0.2, -0.15) is 0 Å². The summed E-state index contributed by atoms with van der Waals surface area (Å²) in [5, 5.41) is 9.89. The topological polar surface area (TPSA) is 20.2 Å². The highest BCUT2D eigenvalue weighted by Crippen LogP contribution is 2.38. The molecule has 1 aromatic rings. The van der Waals surface area contributed by atoms with Crippen LogP contribution in [-0.4, -0.2) is 10.4 Å². The molecule has 1 aliphatic carbocycles. The minimum Gasteiger partial charge on any atom is -0.392 e. The van der Waals surface area contributed by atoms with Crippen LogP contribution in [0.25, 0.3) is 0 Å². The molecule has 1 nitrogen and oxygen atoms in total. The molecule has 2 rings (SSSR count). The van der Waals surface area contributed by atoms with Gasteiger partial charge in [-0.1, -0.05) is 26.0 Å². The number of hydrogen-bond acceptors (Lipinski definition) is 2. The highest BCUT2D eigenvalue weighted by Gasteiger charge is 2.24. The van der Waals surface area contributed by atoms with Gasteiger partial charge in [-0.3, -0.25) is 0 Å². The van der Waals surface area contributed by atoms with Gasteiger partial charge in [-0.25, -0.2) is 0 Å². The molecule has 1 aliphatic rings. The van der Waals surface area contributed by atoms with Crippen LogP contribution in [0, 0.1) is 11.8 Å². The third-order valence-corrected chi connectivity index (χ3v) is 5.22. The first kappa shape index (κ1) is 13.0. The van der Waals surface area contributed by atoms with Crippen molar-refractivity contribution in [1.82, 2.24) is 0 Å². The quantitative estimate of drug-likeness (QED) is 0.871. The van der Waals surface area contributed by atoms with Gasteiger partial charge in [0.1, 0.15) is 0 Å². The maximum absolute atomic E-state index is 9.14. The van der Waals surface area contributed by atoms with Crippen molar-refractivity contribution >= 4 is 11.8 Å². The molecule has 1 N–H and O–H groups in total. The number of thioether (sulfide) groups is 1. The van der Waals surface area contributed by atoms with Gasteiger partial charge in [0, 0.05) is 10.1 Å². The Hall–Kier alpha value is -0.470. The third-order valence-electron chi connectivity index (χ3n) is 3.93. The lowest BCUT2D eigenvalue weighted by molar-refractivity contribution is 0.281. The Labute approximate surface area is 109 Å². The fourth-order valence-corrected chi connectivity index (χ4v) is 3.93. The molecule has 0 heterocycles. The van der Waals surface area contributed by atoms with Crippen molar-refractivity contribution in [2.45, 2.75) is 49.9 Å². The first-order valence-corrected chi connectivity index (χ1v) is 7.43. The van der Waals surface area contributed by atoms with E-state index in [9.17, 15) is 0 Å². The van der Waals surface area contributed by atoms with Crippen molar-refractivity contribution in [2.75, 3.05) is 0 Å².